The minimum Gasteiger partial charge on any atom is -0.493 e. The molecule has 2 aliphatic rings. The summed E-state index contributed by atoms with van der Waals surface area (Å²) in [5.74, 6) is 1.20. The molecule has 2 atom stereocenters. The van der Waals surface area contributed by atoms with Gasteiger partial charge in [0.25, 0.3) is 0 Å². The maximum absolute atomic E-state index is 12.9. The van der Waals surface area contributed by atoms with Gasteiger partial charge in [-0.25, -0.2) is 4.99 Å². The van der Waals surface area contributed by atoms with E-state index in [1.165, 1.54) is 18.9 Å². The number of halogens is 2. The molecule has 0 amide bonds. The zero-order valence-corrected chi connectivity index (χ0v) is 18.4. The summed E-state index contributed by atoms with van der Waals surface area (Å²) in [6, 6.07) is 5.53. The van der Waals surface area contributed by atoms with Gasteiger partial charge in [0.2, 0.25) is 0 Å². The Morgan fingerprint density at radius 3 is 2.97 bits per heavy atom. The van der Waals surface area contributed by atoms with Crippen molar-refractivity contribution in [2.75, 3.05) is 39.4 Å². The second-order valence-electron chi connectivity index (χ2n) is 7.82. The molecule has 1 aromatic carbocycles. The van der Waals surface area contributed by atoms with Crippen molar-refractivity contribution < 1.29 is 23.0 Å². The number of morpholine rings is 1. The average molecular weight is 441 g/mol. The number of nitrogens with zero attached hydrogens (tertiary/aromatic N) is 2. The number of fused-ring (bicyclic) bond motifs is 1. The van der Waals surface area contributed by atoms with Crippen LogP contribution >= 0.6 is 0 Å². The SMILES string of the molecule is CCCOc1ccc(CN=C(NCC)NCC2CN3CCCC3CO2)c(OC(F)F)c1. The normalized spacial score (nSPS) is 21.8. The quantitative estimate of drug-likeness (QED) is 0.431. The zero-order valence-electron chi connectivity index (χ0n) is 18.4. The summed E-state index contributed by atoms with van der Waals surface area (Å²) in [7, 11) is 0. The van der Waals surface area contributed by atoms with Gasteiger partial charge in [-0.1, -0.05) is 6.92 Å². The van der Waals surface area contributed by atoms with E-state index in [0.717, 1.165) is 26.1 Å². The lowest BCUT2D eigenvalue weighted by molar-refractivity contribution is -0.0505. The molecule has 2 fully saturated rings. The lowest BCUT2D eigenvalue weighted by Gasteiger charge is -2.35. The van der Waals surface area contributed by atoms with Gasteiger partial charge in [0, 0.05) is 37.3 Å². The highest BCUT2D eigenvalue weighted by Crippen LogP contribution is 2.27. The molecule has 2 saturated heterocycles. The Kier molecular flexibility index (Phi) is 9.14. The first-order valence-electron chi connectivity index (χ1n) is 11.2. The summed E-state index contributed by atoms with van der Waals surface area (Å²) in [6.07, 6.45) is 3.39. The molecule has 2 aliphatic heterocycles. The largest absolute Gasteiger partial charge is 0.493 e. The highest BCUT2D eigenvalue weighted by atomic mass is 19.3. The number of hydrogen-bond donors (Lipinski definition) is 2. The van der Waals surface area contributed by atoms with Crippen molar-refractivity contribution in [3.05, 3.63) is 23.8 Å². The van der Waals surface area contributed by atoms with Gasteiger partial charge in [0.1, 0.15) is 11.5 Å². The molecule has 0 aromatic heterocycles. The van der Waals surface area contributed by atoms with Crippen LogP contribution in [0.5, 0.6) is 11.5 Å². The fourth-order valence-corrected chi connectivity index (χ4v) is 3.91. The first kappa shape index (κ1) is 23.5. The number of benzene rings is 1. The molecule has 0 saturated carbocycles. The Labute approximate surface area is 183 Å². The van der Waals surface area contributed by atoms with Crippen molar-refractivity contribution in [3.63, 3.8) is 0 Å². The van der Waals surface area contributed by atoms with Crippen LogP contribution in [-0.2, 0) is 11.3 Å². The van der Waals surface area contributed by atoms with E-state index in [1.807, 2.05) is 13.8 Å². The van der Waals surface area contributed by atoms with Crippen LogP contribution < -0.4 is 20.1 Å². The summed E-state index contributed by atoms with van der Waals surface area (Å²) < 4.78 is 42.0. The molecule has 0 radical (unpaired) electrons. The van der Waals surface area contributed by atoms with Crippen molar-refractivity contribution in [2.45, 2.75) is 58.4 Å². The molecular weight excluding hydrogens is 406 g/mol. The van der Waals surface area contributed by atoms with Gasteiger partial charge >= 0.3 is 6.61 Å². The van der Waals surface area contributed by atoms with E-state index in [4.69, 9.17) is 14.2 Å². The standard InChI is InChI=1S/C22H34F2N4O3/c1-3-10-29-18-8-7-16(20(11-18)31-21(23)24)12-26-22(25-4-2)27-13-19-14-28-9-5-6-17(28)15-30-19/h7-8,11,17,19,21H,3-6,9-10,12-15H2,1-2H3,(H2,25,26,27). The molecule has 2 heterocycles. The minimum atomic E-state index is -2.91. The molecule has 0 spiro atoms. The van der Waals surface area contributed by atoms with E-state index in [0.29, 0.717) is 43.0 Å². The van der Waals surface area contributed by atoms with Crippen molar-refractivity contribution in [1.82, 2.24) is 15.5 Å². The second-order valence-corrected chi connectivity index (χ2v) is 7.82. The number of hydrogen-bond acceptors (Lipinski definition) is 5. The van der Waals surface area contributed by atoms with Crippen LogP contribution in [0.4, 0.5) is 8.78 Å². The van der Waals surface area contributed by atoms with Crippen LogP contribution in [0.25, 0.3) is 0 Å². The van der Waals surface area contributed by atoms with Crippen LogP contribution in [0.1, 0.15) is 38.7 Å². The van der Waals surface area contributed by atoms with Crippen molar-refractivity contribution in [3.8, 4) is 11.5 Å². The molecule has 1 aromatic rings. The Balaban J connectivity index is 1.60. The number of rotatable bonds is 10. The van der Waals surface area contributed by atoms with Crippen LogP contribution in [0.2, 0.25) is 0 Å². The number of nitrogens with one attached hydrogen (secondary N) is 2. The summed E-state index contributed by atoms with van der Waals surface area (Å²) >= 11 is 0. The molecular formula is C22H34F2N4O3. The summed E-state index contributed by atoms with van der Waals surface area (Å²) in [5.41, 5.74) is 0.565. The smallest absolute Gasteiger partial charge is 0.387 e. The molecule has 31 heavy (non-hydrogen) atoms. The predicted molar refractivity (Wildman–Crippen MR) is 116 cm³/mol. The van der Waals surface area contributed by atoms with E-state index in [2.05, 4.69) is 20.5 Å². The number of alkyl halides is 2. The summed E-state index contributed by atoms with van der Waals surface area (Å²) in [6.45, 7) is 5.94. The Morgan fingerprint density at radius 2 is 2.19 bits per heavy atom. The Hall–Kier alpha value is -2.13. The van der Waals surface area contributed by atoms with Crippen molar-refractivity contribution in [2.24, 2.45) is 4.99 Å². The molecule has 0 bridgehead atoms. The van der Waals surface area contributed by atoms with Gasteiger partial charge in [-0.3, -0.25) is 4.90 Å². The van der Waals surface area contributed by atoms with E-state index in [9.17, 15) is 8.78 Å². The zero-order chi connectivity index (χ0) is 22.1. The fourth-order valence-electron chi connectivity index (χ4n) is 3.91. The minimum absolute atomic E-state index is 0.0823. The summed E-state index contributed by atoms with van der Waals surface area (Å²) in [5, 5.41) is 6.51. The maximum Gasteiger partial charge on any atom is 0.387 e. The van der Waals surface area contributed by atoms with Crippen LogP contribution in [0.3, 0.4) is 0 Å². The Bertz CT molecular complexity index is 720. The first-order chi connectivity index (χ1) is 15.1. The van der Waals surface area contributed by atoms with E-state index < -0.39 is 6.61 Å². The first-order valence-corrected chi connectivity index (χ1v) is 11.2. The monoisotopic (exact) mass is 440 g/mol. The lowest BCUT2D eigenvalue weighted by atomic mass is 10.2. The maximum atomic E-state index is 12.9. The molecule has 174 valence electrons. The van der Waals surface area contributed by atoms with Crippen LogP contribution in [-0.4, -0.2) is 69.0 Å². The van der Waals surface area contributed by atoms with Gasteiger partial charge in [0.05, 0.1) is 25.9 Å². The van der Waals surface area contributed by atoms with E-state index >= 15 is 0 Å². The Morgan fingerprint density at radius 1 is 1.32 bits per heavy atom. The van der Waals surface area contributed by atoms with Gasteiger partial charge in [-0.15, -0.1) is 0 Å². The van der Waals surface area contributed by atoms with Crippen LogP contribution in [0.15, 0.2) is 23.2 Å². The van der Waals surface area contributed by atoms with Crippen molar-refractivity contribution >= 4 is 5.96 Å². The second kappa shape index (κ2) is 12.0. The molecule has 3 rings (SSSR count). The molecule has 2 N–H and O–H groups in total. The third kappa shape index (κ3) is 7.21. The molecule has 9 heteroatoms. The summed E-state index contributed by atoms with van der Waals surface area (Å²) in [4.78, 5) is 7.05. The van der Waals surface area contributed by atoms with Crippen LogP contribution in [0, 0.1) is 0 Å². The highest BCUT2D eigenvalue weighted by Gasteiger charge is 2.32. The van der Waals surface area contributed by atoms with Gasteiger partial charge in [-0.2, -0.15) is 8.78 Å². The predicted octanol–water partition coefficient (Wildman–Crippen LogP) is 3.00. The number of aliphatic imine (C=N–C) groups is 1. The highest BCUT2D eigenvalue weighted by molar-refractivity contribution is 5.79. The number of guanidine groups is 1. The average Bonchev–Trinajstić information content (AvgIpc) is 3.22. The van der Waals surface area contributed by atoms with Gasteiger partial charge < -0.3 is 24.8 Å². The molecule has 7 nitrogen and oxygen atoms in total. The third-order valence-electron chi connectivity index (χ3n) is 5.44. The molecule has 2 unspecified atom stereocenters. The lowest BCUT2D eigenvalue weighted by Crippen LogP contribution is -2.51. The fraction of sp³-hybridized carbons (Fsp3) is 0.682. The van der Waals surface area contributed by atoms with Gasteiger partial charge in [0.15, 0.2) is 5.96 Å². The topological polar surface area (TPSA) is 67.4 Å². The number of ether oxygens (including phenoxy) is 3. The van der Waals surface area contributed by atoms with Crippen molar-refractivity contribution in [1.29, 1.82) is 0 Å². The van der Waals surface area contributed by atoms with E-state index in [-0.39, 0.29) is 18.4 Å². The van der Waals surface area contributed by atoms with Gasteiger partial charge in [-0.05, 0) is 44.9 Å². The molecule has 0 aliphatic carbocycles. The third-order valence-corrected chi connectivity index (χ3v) is 5.44. The van der Waals surface area contributed by atoms with E-state index in [1.54, 1.807) is 12.1 Å².